The largest absolute Gasteiger partial charge is 0.493 e. The molecular formula is C23H25ClN2O6. The maximum atomic E-state index is 12.6. The Labute approximate surface area is 191 Å². The van der Waals surface area contributed by atoms with Crippen LogP contribution in [0.1, 0.15) is 23.2 Å². The molecule has 3 rings (SSSR count). The molecule has 0 bridgehead atoms. The van der Waals surface area contributed by atoms with Crippen molar-refractivity contribution in [2.24, 2.45) is 5.92 Å². The first-order chi connectivity index (χ1) is 15.4. The molecular weight excluding hydrogens is 436 g/mol. The minimum atomic E-state index is -0.457. The number of hydrogen-bond acceptors (Lipinski definition) is 6. The lowest BCUT2D eigenvalue weighted by atomic mass is 9.96. The maximum absolute atomic E-state index is 12.6. The van der Waals surface area contributed by atoms with Crippen molar-refractivity contribution in [2.75, 3.05) is 39.2 Å². The van der Waals surface area contributed by atoms with Crippen molar-refractivity contribution in [1.82, 2.24) is 4.90 Å². The third kappa shape index (κ3) is 5.91. The van der Waals surface area contributed by atoms with E-state index in [1.807, 2.05) is 0 Å². The fraction of sp³-hybridized carbons (Fsp3) is 0.348. The summed E-state index contributed by atoms with van der Waals surface area (Å²) in [5.74, 6) is -0.326. The number of rotatable bonds is 7. The molecule has 0 unspecified atom stereocenters. The Bertz CT molecular complexity index is 971. The molecule has 0 aliphatic carbocycles. The van der Waals surface area contributed by atoms with Crippen molar-refractivity contribution in [3.05, 3.63) is 53.1 Å². The van der Waals surface area contributed by atoms with Crippen LogP contribution in [0.2, 0.25) is 5.02 Å². The molecule has 0 radical (unpaired) electrons. The van der Waals surface area contributed by atoms with Gasteiger partial charge in [-0.25, -0.2) is 0 Å². The van der Waals surface area contributed by atoms with Crippen molar-refractivity contribution in [2.45, 2.75) is 12.8 Å². The van der Waals surface area contributed by atoms with Crippen LogP contribution in [0.5, 0.6) is 11.5 Å². The molecule has 2 amide bonds. The predicted molar refractivity (Wildman–Crippen MR) is 119 cm³/mol. The molecule has 2 aromatic carbocycles. The third-order valence-electron chi connectivity index (χ3n) is 5.22. The number of nitrogens with one attached hydrogen (secondary N) is 1. The molecule has 1 saturated heterocycles. The Morgan fingerprint density at radius 3 is 2.28 bits per heavy atom. The highest BCUT2D eigenvalue weighted by Gasteiger charge is 2.29. The van der Waals surface area contributed by atoms with Gasteiger partial charge in [0.25, 0.3) is 11.8 Å². The van der Waals surface area contributed by atoms with E-state index in [1.165, 1.54) is 14.2 Å². The summed E-state index contributed by atoms with van der Waals surface area (Å²) in [5.41, 5.74) is 1.06. The number of carbonyl (C=O) groups excluding carboxylic acids is 3. The number of likely N-dealkylation sites (tertiary alicyclic amines) is 1. The second-order valence-electron chi connectivity index (χ2n) is 7.30. The monoisotopic (exact) mass is 460 g/mol. The fourth-order valence-electron chi connectivity index (χ4n) is 3.46. The molecule has 32 heavy (non-hydrogen) atoms. The van der Waals surface area contributed by atoms with Gasteiger partial charge in [0.1, 0.15) is 0 Å². The number of halogens is 1. The second-order valence-corrected chi connectivity index (χ2v) is 7.74. The molecule has 8 nitrogen and oxygen atoms in total. The number of ether oxygens (including phenoxy) is 3. The fourth-order valence-corrected chi connectivity index (χ4v) is 3.58. The Morgan fingerprint density at radius 2 is 1.66 bits per heavy atom. The molecule has 1 N–H and O–H groups in total. The summed E-state index contributed by atoms with van der Waals surface area (Å²) in [5, 5.41) is 3.22. The van der Waals surface area contributed by atoms with Crippen molar-refractivity contribution in [3.8, 4) is 11.5 Å². The Kier molecular flexibility index (Phi) is 7.94. The average molecular weight is 461 g/mol. The van der Waals surface area contributed by atoms with Crippen molar-refractivity contribution in [1.29, 1.82) is 0 Å². The van der Waals surface area contributed by atoms with Crippen LogP contribution in [-0.2, 0) is 14.3 Å². The smallest absolute Gasteiger partial charge is 0.309 e. The van der Waals surface area contributed by atoms with Gasteiger partial charge < -0.3 is 24.4 Å². The van der Waals surface area contributed by atoms with Crippen LogP contribution < -0.4 is 14.8 Å². The van der Waals surface area contributed by atoms with E-state index >= 15 is 0 Å². The summed E-state index contributed by atoms with van der Waals surface area (Å²) >= 11 is 5.86. The summed E-state index contributed by atoms with van der Waals surface area (Å²) in [6.07, 6.45) is 0.963. The van der Waals surface area contributed by atoms with Crippen molar-refractivity contribution < 1.29 is 28.6 Å². The third-order valence-corrected chi connectivity index (χ3v) is 5.47. The molecule has 2 aromatic rings. The van der Waals surface area contributed by atoms with Crippen LogP contribution in [0.15, 0.2) is 42.5 Å². The van der Waals surface area contributed by atoms with Crippen LogP contribution in [0.4, 0.5) is 5.69 Å². The van der Waals surface area contributed by atoms with Crippen LogP contribution in [0.25, 0.3) is 0 Å². The van der Waals surface area contributed by atoms with Gasteiger partial charge in [-0.3, -0.25) is 14.4 Å². The molecule has 170 valence electrons. The molecule has 1 aliphatic heterocycles. The number of benzene rings is 2. The second kappa shape index (κ2) is 10.9. The molecule has 1 heterocycles. The van der Waals surface area contributed by atoms with Crippen LogP contribution in [0.3, 0.4) is 0 Å². The van der Waals surface area contributed by atoms with Gasteiger partial charge in [0.2, 0.25) is 0 Å². The van der Waals surface area contributed by atoms with Crippen LogP contribution in [-0.4, -0.2) is 56.6 Å². The molecule has 0 atom stereocenters. The highest BCUT2D eigenvalue weighted by Crippen LogP contribution is 2.29. The molecule has 1 fully saturated rings. The van der Waals surface area contributed by atoms with Gasteiger partial charge in [-0.1, -0.05) is 11.6 Å². The van der Waals surface area contributed by atoms with Crippen molar-refractivity contribution >= 4 is 35.1 Å². The quantitative estimate of drug-likeness (QED) is 0.636. The highest BCUT2D eigenvalue weighted by atomic mass is 35.5. The summed E-state index contributed by atoms with van der Waals surface area (Å²) in [4.78, 5) is 38.8. The van der Waals surface area contributed by atoms with E-state index < -0.39 is 18.5 Å². The number of carbonyl (C=O) groups is 3. The van der Waals surface area contributed by atoms with Gasteiger partial charge in [0.15, 0.2) is 18.1 Å². The van der Waals surface area contributed by atoms with Gasteiger partial charge in [0, 0.05) is 35.4 Å². The summed E-state index contributed by atoms with van der Waals surface area (Å²) in [6.45, 7) is 0.495. The number of methoxy groups -OCH3 is 2. The Hall–Kier alpha value is -3.26. The summed E-state index contributed by atoms with van der Waals surface area (Å²) < 4.78 is 15.5. The predicted octanol–water partition coefficient (Wildman–Crippen LogP) is 3.39. The molecule has 1 aliphatic rings. The van der Waals surface area contributed by atoms with E-state index in [-0.39, 0.29) is 11.8 Å². The molecule has 0 aromatic heterocycles. The van der Waals surface area contributed by atoms with E-state index in [9.17, 15) is 14.4 Å². The van der Waals surface area contributed by atoms with Gasteiger partial charge in [-0.15, -0.1) is 0 Å². The van der Waals surface area contributed by atoms with Gasteiger partial charge in [-0.2, -0.15) is 0 Å². The standard InChI is InChI=1S/C23H25ClN2O6/c1-30-19-8-7-18(13-20(19)31-2)25-21(27)14-32-23(29)16-9-11-26(12-10-16)22(28)15-3-5-17(24)6-4-15/h3-8,13,16H,9-12,14H2,1-2H3,(H,25,27). The van der Waals surface area contributed by atoms with E-state index in [4.69, 9.17) is 25.8 Å². The molecule has 0 spiro atoms. The Balaban J connectivity index is 1.44. The van der Waals surface area contributed by atoms with Crippen LogP contribution in [0, 0.1) is 5.92 Å². The maximum Gasteiger partial charge on any atom is 0.309 e. The normalized spacial score (nSPS) is 13.9. The average Bonchev–Trinajstić information content (AvgIpc) is 2.82. The van der Waals surface area contributed by atoms with E-state index in [1.54, 1.807) is 47.4 Å². The zero-order chi connectivity index (χ0) is 23.1. The first-order valence-corrected chi connectivity index (χ1v) is 10.5. The topological polar surface area (TPSA) is 94.2 Å². The zero-order valence-corrected chi connectivity index (χ0v) is 18.7. The Morgan fingerprint density at radius 1 is 1.00 bits per heavy atom. The van der Waals surface area contributed by atoms with E-state index in [0.29, 0.717) is 53.7 Å². The minimum Gasteiger partial charge on any atom is -0.493 e. The van der Waals surface area contributed by atoms with Gasteiger partial charge in [0.05, 0.1) is 20.1 Å². The number of esters is 1. The molecule has 9 heteroatoms. The lowest BCUT2D eigenvalue weighted by Crippen LogP contribution is -2.41. The lowest BCUT2D eigenvalue weighted by molar-refractivity contribution is -0.152. The number of piperidine rings is 1. The van der Waals surface area contributed by atoms with E-state index in [0.717, 1.165) is 0 Å². The summed E-state index contributed by atoms with van der Waals surface area (Å²) in [6, 6.07) is 11.7. The lowest BCUT2D eigenvalue weighted by Gasteiger charge is -2.31. The number of nitrogens with zero attached hydrogens (tertiary/aromatic N) is 1. The number of hydrogen-bond donors (Lipinski definition) is 1. The van der Waals surface area contributed by atoms with Crippen LogP contribution >= 0.6 is 11.6 Å². The van der Waals surface area contributed by atoms with Gasteiger partial charge in [-0.05, 0) is 49.2 Å². The van der Waals surface area contributed by atoms with Crippen molar-refractivity contribution in [3.63, 3.8) is 0 Å². The first-order valence-electron chi connectivity index (χ1n) is 10.1. The van der Waals surface area contributed by atoms with E-state index in [2.05, 4.69) is 5.32 Å². The number of anilines is 1. The first kappa shape index (κ1) is 23.4. The molecule has 0 saturated carbocycles. The summed E-state index contributed by atoms with van der Waals surface area (Å²) in [7, 11) is 3.02. The number of amides is 2. The minimum absolute atomic E-state index is 0.0946. The van der Waals surface area contributed by atoms with Gasteiger partial charge >= 0.3 is 5.97 Å². The highest BCUT2D eigenvalue weighted by molar-refractivity contribution is 6.30. The zero-order valence-electron chi connectivity index (χ0n) is 17.9. The SMILES string of the molecule is COc1ccc(NC(=O)COC(=O)C2CCN(C(=O)c3ccc(Cl)cc3)CC2)cc1OC.